The molecule has 144 valence electrons. The highest BCUT2D eigenvalue weighted by molar-refractivity contribution is 6.31. The standard InChI is InChI=1S/C23H18ClN3O2/c1-2-29-22(28)16-9-6-10-18(13-16)25-23-26-20-12-11-17(24)14-19(20)21(27-23)15-7-4-3-5-8-15/h3-14H,2H2,1H3,(H,25,26,27). The third-order valence-electron chi connectivity index (χ3n) is 4.33. The number of carbonyl (C=O) groups is 1. The summed E-state index contributed by atoms with van der Waals surface area (Å²) in [6, 6.07) is 22.5. The lowest BCUT2D eigenvalue weighted by atomic mass is 10.1. The van der Waals surface area contributed by atoms with Crippen molar-refractivity contribution in [2.45, 2.75) is 6.92 Å². The van der Waals surface area contributed by atoms with Crippen molar-refractivity contribution < 1.29 is 9.53 Å². The van der Waals surface area contributed by atoms with Crippen LogP contribution in [0.25, 0.3) is 22.2 Å². The van der Waals surface area contributed by atoms with Crippen LogP contribution in [0.5, 0.6) is 0 Å². The molecule has 29 heavy (non-hydrogen) atoms. The Hall–Kier alpha value is -3.44. The molecule has 1 aromatic heterocycles. The molecule has 6 heteroatoms. The molecule has 0 saturated carbocycles. The Bertz CT molecular complexity index is 1180. The van der Waals surface area contributed by atoms with Gasteiger partial charge in [0.15, 0.2) is 0 Å². The summed E-state index contributed by atoms with van der Waals surface area (Å²) in [4.78, 5) is 21.3. The minimum atomic E-state index is -0.366. The van der Waals surface area contributed by atoms with Gasteiger partial charge in [0.1, 0.15) is 0 Å². The molecule has 0 radical (unpaired) electrons. The van der Waals surface area contributed by atoms with Crippen LogP contribution in [-0.2, 0) is 4.74 Å². The fraction of sp³-hybridized carbons (Fsp3) is 0.0870. The Morgan fingerprint density at radius 1 is 1.00 bits per heavy atom. The van der Waals surface area contributed by atoms with Gasteiger partial charge in [-0.1, -0.05) is 48.0 Å². The molecular formula is C23H18ClN3O2. The van der Waals surface area contributed by atoms with Crippen LogP contribution in [-0.4, -0.2) is 22.5 Å². The third kappa shape index (κ3) is 4.20. The largest absolute Gasteiger partial charge is 0.462 e. The molecule has 0 aliphatic heterocycles. The first-order chi connectivity index (χ1) is 14.1. The molecule has 4 aromatic rings. The number of ether oxygens (including phenoxy) is 1. The van der Waals surface area contributed by atoms with Crippen molar-refractivity contribution >= 4 is 40.1 Å². The number of carbonyl (C=O) groups excluding carboxylic acids is 1. The highest BCUT2D eigenvalue weighted by atomic mass is 35.5. The molecule has 4 rings (SSSR count). The van der Waals surface area contributed by atoms with Crippen molar-refractivity contribution in [3.8, 4) is 11.3 Å². The van der Waals surface area contributed by atoms with E-state index in [1.807, 2.05) is 48.5 Å². The Morgan fingerprint density at radius 2 is 1.83 bits per heavy atom. The summed E-state index contributed by atoms with van der Waals surface area (Å²) in [6.45, 7) is 2.10. The molecular weight excluding hydrogens is 386 g/mol. The SMILES string of the molecule is CCOC(=O)c1cccc(Nc2nc(-c3ccccc3)c3cc(Cl)ccc3n2)c1. The number of nitrogens with one attached hydrogen (secondary N) is 1. The maximum atomic E-state index is 12.0. The molecule has 0 fully saturated rings. The molecule has 0 spiro atoms. The maximum absolute atomic E-state index is 12.0. The zero-order chi connectivity index (χ0) is 20.2. The molecule has 0 atom stereocenters. The lowest BCUT2D eigenvalue weighted by Gasteiger charge is -2.11. The normalized spacial score (nSPS) is 10.7. The summed E-state index contributed by atoms with van der Waals surface area (Å²) in [5.74, 6) is 0.0647. The topological polar surface area (TPSA) is 64.1 Å². The van der Waals surface area contributed by atoms with Gasteiger partial charge in [-0.25, -0.2) is 14.8 Å². The van der Waals surface area contributed by atoms with Gasteiger partial charge in [0.2, 0.25) is 5.95 Å². The Kier molecular flexibility index (Phi) is 5.40. The van der Waals surface area contributed by atoms with Crippen molar-refractivity contribution in [3.05, 3.63) is 83.4 Å². The monoisotopic (exact) mass is 403 g/mol. The van der Waals surface area contributed by atoms with Crippen LogP contribution >= 0.6 is 11.6 Å². The summed E-state index contributed by atoms with van der Waals surface area (Å²) in [6.07, 6.45) is 0. The van der Waals surface area contributed by atoms with E-state index in [4.69, 9.17) is 21.3 Å². The molecule has 0 saturated heterocycles. The summed E-state index contributed by atoms with van der Waals surface area (Å²) in [7, 11) is 0. The quantitative estimate of drug-likeness (QED) is 0.422. The van der Waals surface area contributed by atoms with Crippen molar-refractivity contribution in [2.75, 3.05) is 11.9 Å². The average molecular weight is 404 g/mol. The molecule has 1 N–H and O–H groups in total. The lowest BCUT2D eigenvalue weighted by molar-refractivity contribution is 0.0526. The zero-order valence-corrected chi connectivity index (χ0v) is 16.5. The van der Waals surface area contributed by atoms with Gasteiger partial charge in [-0.2, -0.15) is 0 Å². The van der Waals surface area contributed by atoms with Crippen molar-refractivity contribution in [1.82, 2.24) is 9.97 Å². The Balaban J connectivity index is 1.76. The fourth-order valence-electron chi connectivity index (χ4n) is 3.04. The average Bonchev–Trinajstić information content (AvgIpc) is 2.74. The van der Waals surface area contributed by atoms with E-state index in [9.17, 15) is 4.79 Å². The summed E-state index contributed by atoms with van der Waals surface area (Å²) in [5, 5.41) is 4.69. The van der Waals surface area contributed by atoms with E-state index in [2.05, 4.69) is 10.3 Å². The summed E-state index contributed by atoms with van der Waals surface area (Å²) < 4.78 is 5.07. The Labute approximate surface area is 173 Å². The van der Waals surface area contributed by atoms with E-state index in [0.717, 1.165) is 22.2 Å². The van der Waals surface area contributed by atoms with Crippen LogP contribution in [0.2, 0.25) is 5.02 Å². The number of nitrogens with zero attached hydrogens (tertiary/aromatic N) is 2. The number of anilines is 2. The maximum Gasteiger partial charge on any atom is 0.338 e. The second-order valence-electron chi connectivity index (χ2n) is 6.35. The van der Waals surface area contributed by atoms with Gasteiger partial charge in [-0.15, -0.1) is 0 Å². The number of aromatic nitrogens is 2. The predicted octanol–water partition coefficient (Wildman–Crippen LogP) is 5.87. The lowest BCUT2D eigenvalue weighted by Crippen LogP contribution is -2.05. The van der Waals surface area contributed by atoms with E-state index in [1.165, 1.54) is 0 Å². The summed E-state index contributed by atoms with van der Waals surface area (Å²) >= 11 is 6.21. The number of rotatable bonds is 5. The van der Waals surface area contributed by atoms with Crippen LogP contribution < -0.4 is 5.32 Å². The van der Waals surface area contributed by atoms with Crippen LogP contribution in [0.3, 0.4) is 0 Å². The van der Waals surface area contributed by atoms with E-state index < -0.39 is 0 Å². The first-order valence-electron chi connectivity index (χ1n) is 9.21. The molecule has 0 aliphatic carbocycles. The van der Waals surface area contributed by atoms with E-state index >= 15 is 0 Å². The Morgan fingerprint density at radius 3 is 2.62 bits per heavy atom. The smallest absolute Gasteiger partial charge is 0.338 e. The first-order valence-corrected chi connectivity index (χ1v) is 9.59. The van der Waals surface area contributed by atoms with Gasteiger partial charge < -0.3 is 10.1 Å². The molecule has 0 unspecified atom stereocenters. The van der Waals surface area contributed by atoms with Gasteiger partial charge in [0.25, 0.3) is 0 Å². The zero-order valence-electron chi connectivity index (χ0n) is 15.7. The number of fused-ring (bicyclic) bond motifs is 1. The van der Waals surface area contributed by atoms with E-state index in [1.54, 1.807) is 31.2 Å². The van der Waals surface area contributed by atoms with Crippen LogP contribution in [0, 0.1) is 0 Å². The number of esters is 1. The molecule has 0 bridgehead atoms. The molecule has 1 heterocycles. The number of hydrogen-bond acceptors (Lipinski definition) is 5. The highest BCUT2D eigenvalue weighted by Crippen LogP contribution is 2.30. The van der Waals surface area contributed by atoms with Gasteiger partial charge in [-0.05, 0) is 43.3 Å². The third-order valence-corrected chi connectivity index (χ3v) is 4.57. The van der Waals surface area contributed by atoms with Crippen LogP contribution in [0.15, 0.2) is 72.8 Å². The minimum absolute atomic E-state index is 0.327. The highest BCUT2D eigenvalue weighted by Gasteiger charge is 2.12. The number of benzene rings is 3. The summed E-state index contributed by atoms with van der Waals surface area (Å²) in [5.41, 5.74) is 3.68. The van der Waals surface area contributed by atoms with Crippen LogP contribution in [0.1, 0.15) is 17.3 Å². The molecule has 5 nitrogen and oxygen atoms in total. The second-order valence-corrected chi connectivity index (χ2v) is 6.79. The number of hydrogen-bond donors (Lipinski definition) is 1. The van der Waals surface area contributed by atoms with Crippen molar-refractivity contribution in [3.63, 3.8) is 0 Å². The van der Waals surface area contributed by atoms with Crippen molar-refractivity contribution in [1.29, 1.82) is 0 Å². The molecule has 3 aromatic carbocycles. The fourth-order valence-corrected chi connectivity index (χ4v) is 3.21. The van der Waals surface area contributed by atoms with E-state index in [-0.39, 0.29) is 5.97 Å². The van der Waals surface area contributed by atoms with Crippen molar-refractivity contribution in [2.24, 2.45) is 0 Å². The number of halogens is 1. The van der Waals surface area contributed by atoms with Crippen LogP contribution in [0.4, 0.5) is 11.6 Å². The van der Waals surface area contributed by atoms with Gasteiger partial charge in [0, 0.05) is 21.7 Å². The van der Waals surface area contributed by atoms with Gasteiger partial charge in [-0.3, -0.25) is 0 Å². The van der Waals surface area contributed by atoms with E-state index in [0.29, 0.717) is 28.8 Å². The predicted molar refractivity (Wildman–Crippen MR) is 116 cm³/mol. The molecule has 0 amide bonds. The molecule has 0 aliphatic rings. The van der Waals surface area contributed by atoms with Gasteiger partial charge in [0.05, 0.1) is 23.4 Å². The minimum Gasteiger partial charge on any atom is -0.462 e. The first kappa shape index (κ1) is 18.9. The van der Waals surface area contributed by atoms with Gasteiger partial charge >= 0.3 is 5.97 Å². The second kappa shape index (κ2) is 8.29.